The molecule has 2 aromatic rings. The van der Waals surface area contributed by atoms with Gasteiger partial charge >= 0.3 is 5.63 Å². The van der Waals surface area contributed by atoms with Gasteiger partial charge in [-0.2, -0.15) is 0 Å². The lowest BCUT2D eigenvalue weighted by atomic mass is 9.88. The minimum Gasteiger partial charge on any atom is -0.422 e. The fourth-order valence-electron chi connectivity index (χ4n) is 2.76. The first-order valence-corrected chi connectivity index (χ1v) is 6.01. The number of fused-ring (bicyclic) bond motifs is 1. The Hall–Kier alpha value is -1.61. The van der Waals surface area contributed by atoms with Crippen LogP contribution in [0.1, 0.15) is 31.2 Å². The molecule has 0 bridgehead atoms. The van der Waals surface area contributed by atoms with Crippen LogP contribution < -0.4 is 11.4 Å². The predicted molar refractivity (Wildman–Crippen MR) is 66.8 cm³/mol. The summed E-state index contributed by atoms with van der Waals surface area (Å²) in [5.74, 6) is 0. The van der Waals surface area contributed by atoms with Crippen LogP contribution in [0.4, 0.5) is 0 Å². The topological polar surface area (TPSA) is 56.2 Å². The lowest BCUT2D eigenvalue weighted by Crippen LogP contribution is -2.33. The average Bonchev–Trinajstić information content (AvgIpc) is 2.76. The summed E-state index contributed by atoms with van der Waals surface area (Å²) in [7, 11) is 0. The largest absolute Gasteiger partial charge is 0.422 e. The molecule has 0 aliphatic heterocycles. The molecule has 0 saturated heterocycles. The van der Waals surface area contributed by atoms with Crippen molar-refractivity contribution in [1.82, 2.24) is 0 Å². The summed E-state index contributed by atoms with van der Waals surface area (Å²) in [6.45, 7) is 0. The van der Waals surface area contributed by atoms with Crippen LogP contribution in [0, 0.1) is 0 Å². The molecule has 0 amide bonds. The first-order chi connectivity index (χ1) is 8.19. The van der Waals surface area contributed by atoms with Crippen LogP contribution in [-0.2, 0) is 5.54 Å². The molecule has 3 nitrogen and oxygen atoms in total. The van der Waals surface area contributed by atoms with Crippen molar-refractivity contribution in [3.8, 4) is 0 Å². The highest BCUT2D eigenvalue weighted by Crippen LogP contribution is 2.38. The Kier molecular flexibility index (Phi) is 2.30. The van der Waals surface area contributed by atoms with E-state index in [4.69, 9.17) is 10.2 Å². The molecule has 1 aliphatic carbocycles. The number of rotatable bonds is 1. The Bertz CT molecular complexity index is 609. The lowest BCUT2D eigenvalue weighted by Gasteiger charge is -2.24. The van der Waals surface area contributed by atoms with Crippen molar-refractivity contribution in [2.75, 3.05) is 0 Å². The molecule has 1 aliphatic rings. The van der Waals surface area contributed by atoms with E-state index in [-0.39, 0.29) is 11.2 Å². The third-order valence-electron chi connectivity index (χ3n) is 3.68. The van der Waals surface area contributed by atoms with E-state index in [1.807, 2.05) is 18.2 Å². The third-order valence-corrected chi connectivity index (χ3v) is 3.68. The molecule has 3 rings (SSSR count). The van der Waals surface area contributed by atoms with Gasteiger partial charge in [-0.25, -0.2) is 4.79 Å². The fraction of sp³-hybridized carbons (Fsp3) is 0.357. The van der Waals surface area contributed by atoms with Crippen LogP contribution in [0.15, 0.2) is 39.5 Å². The van der Waals surface area contributed by atoms with E-state index < -0.39 is 0 Å². The van der Waals surface area contributed by atoms with Crippen LogP contribution in [0.2, 0.25) is 0 Å². The maximum Gasteiger partial charge on any atom is 0.336 e. The summed E-state index contributed by atoms with van der Waals surface area (Å²) in [4.78, 5) is 11.3. The molecule has 0 atom stereocenters. The van der Waals surface area contributed by atoms with E-state index in [0.29, 0.717) is 5.58 Å². The van der Waals surface area contributed by atoms with Gasteiger partial charge in [-0.1, -0.05) is 31.0 Å². The Morgan fingerprint density at radius 3 is 2.65 bits per heavy atom. The van der Waals surface area contributed by atoms with Gasteiger partial charge in [0.15, 0.2) is 0 Å². The number of nitrogens with two attached hydrogens (primary N) is 1. The summed E-state index contributed by atoms with van der Waals surface area (Å²) in [5, 5.41) is 0.943. The zero-order valence-electron chi connectivity index (χ0n) is 9.61. The minimum atomic E-state index is -0.323. The van der Waals surface area contributed by atoms with E-state index in [1.165, 1.54) is 6.07 Å². The normalized spacial score (nSPS) is 18.6. The Labute approximate surface area is 99.2 Å². The fourth-order valence-corrected chi connectivity index (χ4v) is 2.76. The number of hydrogen-bond acceptors (Lipinski definition) is 3. The van der Waals surface area contributed by atoms with Crippen molar-refractivity contribution in [1.29, 1.82) is 0 Å². The van der Waals surface area contributed by atoms with Gasteiger partial charge in [-0.05, 0) is 18.9 Å². The monoisotopic (exact) mass is 229 g/mol. The molecule has 1 aromatic carbocycles. The highest BCUT2D eigenvalue weighted by Gasteiger charge is 2.33. The van der Waals surface area contributed by atoms with Gasteiger partial charge in [-0.15, -0.1) is 0 Å². The Balaban J connectivity index is 2.28. The first-order valence-electron chi connectivity index (χ1n) is 6.01. The SMILES string of the molecule is NC1(c2cccc3ccc(=O)oc23)CCCC1. The van der Waals surface area contributed by atoms with E-state index in [0.717, 1.165) is 36.6 Å². The summed E-state index contributed by atoms with van der Waals surface area (Å²) in [6, 6.07) is 9.15. The molecule has 2 N–H and O–H groups in total. The second-order valence-electron chi connectivity index (χ2n) is 4.84. The van der Waals surface area contributed by atoms with Gasteiger partial charge < -0.3 is 10.2 Å². The van der Waals surface area contributed by atoms with Gasteiger partial charge in [-0.3, -0.25) is 0 Å². The quantitative estimate of drug-likeness (QED) is 0.764. The average molecular weight is 229 g/mol. The van der Waals surface area contributed by atoms with Crippen molar-refractivity contribution in [3.63, 3.8) is 0 Å². The Morgan fingerprint density at radius 1 is 1.12 bits per heavy atom. The van der Waals surface area contributed by atoms with Crippen molar-refractivity contribution >= 4 is 11.0 Å². The number of hydrogen-bond donors (Lipinski definition) is 1. The molecule has 1 fully saturated rings. The lowest BCUT2D eigenvalue weighted by molar-refractivity contribution is 0.451. The maximum atomic E-state index is 11.3. The van der Waals surface area contributed by atoms with Crippen molar-refractivity contribution in [3.05, 3.63) is 46.3 Å². The second-order valence-corrected chi connectivity index (χ2v) is 4.84. The second kappa shape index (κ2) is 3.70. The van der Waals surface area contributed by atoms with Gasteiger partial charge in [0.05, 0.1) is 0 Å². The van der Waals surface area contributed by atoms with Gasteiger partial charge in [0.2, 0.25) is 0 Å². The third kappa shape index (κ3) is 1.67. The number of benzene rings is 1. The molecule has 1 saturated carbocycles. The molecular weight excluding hydrogens is 214 g/mol. The van der Waals surface area contributed by atoms with Crippen LogP contribution in [0.25, 0.3) is 11.0 Å². The van der Waals surface area contributed by atoms with Crippen LogP contribution in [0.5, 0.6) is 0 Å². The molecule has 1 heterocycles. The molecule has 17 heavy (non-hydrogen) atoms. The van der Waals surface area contributed by atoms with Gasteiger partial charge in [0, 0.05) is 22.6 Å². The van der Waals surface area contributed by atoms with Crippen molar-refractivity contribution in [2.45, 2.75) is 31.2 Å². The predicted octanol–water partition coefficient (Wildman–Crippen LogP) is 2.52. The van der Waals surface area contributed by atoms with Gasteiger partial charge in [0.1, 0.15) is 5.58 Å². The molecule has 0 spiro atoms. The first kappa shape index (κ1) is 10.5. The van der Waals surface area contributed by atoms with Crippen LogP contribution >= 0.6 is 0 Å². The van der Waals surface area contributed by atoms with Crippen molar-refractivity contribution < 1.29 is 4.42 Å². The van der Waals surface area contributed by atoms with Crippen LogP contribution in [0.3, 0.4) is 0 Å². The Morgan fingerprint density at radius 2 is 1.88 bits per heavy atom. The molecule has 3 heteroatoms. The van der Waals surface area contributed by atoms with E-state index in [9.17, 15) is 4.79 Å². The molecular formula is C14H15NO2. The zero-order chi connectivity index (χ0) is 11.9. The minimum absolute atomic E-state index is 0.313. The highest BCUT2D eigenvalue weighted by atomic mass is 16.4. The van der Waals surface area contributed by atoms with Gasteiger partial charge in [0.25, 0.3) is 0 Å². The van der Waals surface area contributed by atoms with E-state index in [2.05, 4.69) is 0 Å². The number of para-hydroxylation sites is 1. The summed E-state index contributed by atoms with van der Waals surface area (Å²) < 4.78 is 5.33. The summed E-state index contributed by atoms with van der Waals surface area (Å²) >= 11 is 0. The molecule has 1 aromatic heterocycles. The molecule has 0 radical (unpaired) electrons. The summed E-state index contributed by atoms with van der Waals surface area (Å²) in [5.41, 5.74) is 7.43. The maximum absolute atomic E-state index is 11.3. The standard InChI is InChI=1S/C14H15NO2/c15-14(8-1-2-9-14)11-5-3-4-10-6-7-12(16)17-13(10)11/h3-7H,1-2,8-9,15H2. The van der Waals surface area contributed by atoms with Crippen molar-refractivity contribution in [2.24, 2.45) is 5.73 Å². The summed E-state index contributed by atoms with van der Waals surface area (Å²) in [6.07, 6.45) is 4.21. The molecule has 0 unspecified atom stereocenters. The van der Waals surface area contributed by atoms with Crippen LogP contribution in [-0.4, -0.2) is 0 Å². The van der Waals surface area contributed by atoms with E-state index >= 15 is 0 Å². The zero-order valence-corrected chi connectivity index (χ0v) is 9.61. The highest BCUT2D eigenvalue weighted by molar-refractivity contribution is 5.80. The van der Waals surface area contributed by atoms with E-state index in [1.54, 1.807) is 6.07 Å². The molecule has 88 valence electrons. The smallest absolute Gasteiger partial charge is 0.336 e.